The highest BCUT2D eigenvalue weighted by Crippen LogP contribution is 2.35. The Balaban J connectivity index is 1.40. The minimum absolute atomic E-state index is 0.108. The second-order valence-electron chi connectivity index (χ2n) is 9.37. The van der Waals surface area contributed by atoms with Crippen LogP contribution in [0.4, 0.5) is 5.69 Å². The Labute approximate surface area is 211 Å². The van der Waals surface area contributed by atoms with Gasteiger partial charge >= 0.3 is 0 Å². The number of benzene rings is 2. The molecule has 0 bridgehead atoms. The topological polar surface area (TPSA) is 112 Å². The lowest BCUT2D eigenvalue weighted by Crippen LogP contribution is -2.47. The summed E-state index contributed by atoms with van der Waals surface area (Å²) >= 11 is 2.66. The molecule has 0 aliphatic carbocycles. The van der Waals surface area contributed by atoms with Crippen molar-refractivity contribution >= 4 is 64.7 Å². The van der Waals surface area contributed by atoms with Crippen molar-refractivity contribution < 1.29 is 18.3 Å². The summed E-state index contributed by atoms with van der Waals surface area (Å²) in [7, 11) is -3.91. The minimum Gasteiger partial charge on any atom is -0.390 e. The Morgan fingerprint density at radius 2 is 1.83 bits per heavy atom. The molecule has 0 spiro atoms. The first-order chi connectivity index (χ1) is 16.7. The number of hydrogen-bond acceptors (Lipinski definition) is 8. The van der Waals surface area contributed by atoms with E-state index in [1.807, 2.05) is 6.07 Å². The summed E-state index contributed by atoms with van der Waals surface area (Å²) in [6.07, 6.45) is 1.79. The zero-order valence-corrected chi connectivity index (χ0v) is 21.8. The largest absolute Gasteiger partial charge is 0.390 e. The Morgan fingerprint density at radius 3 is 2.57 bits per heavy atom. The van der Waals surface area contributed by atoms with E-state index in [0.29, 0.717) is 58.8 Å². The van der Waals surface area contributed by atoms with Gasteiger partial charge in [0.25, 0.3) is 15.9 Å². The van der Waals surface area contributed by atoms with Gasteiger partial charge in [-0.1, -0.05) is 19.9 Å². The molecule has 3 heterocycles. The maximum Gasteiger partial charge on any atom is 0.264 e. The van der Waals surface area contributed by atoms with Crippen LogP contribution >= 0.6 is 22.7 Å². The van der Waals surface area contributed by atoms with Crippen molar-refractivity contribution in [1.82, 2.24) is 14.9 Å². The van der Waals surface area contributed by atoms with Crippen LogP contribution in [-0.4, -0.2) is 53.0 Å². The molecular weight excluding hydrogens is 504 g/mol. The van der Waals surface area contributed by atoms with Gasteiger partial charge in [-0.15, -0.1) is 22.7 Å². The van der Waals surface area contributed by atoms with E-state index >= 15 is 0 Å². The van der Waals surface area contributed by atoms with E-state index in [0.717, 1.165) is 11.1 Å². The van der Waals surface area contributed by atoms with E-state index in [2.05, 4.69) is 28.5 Å². The van der Waals surface area contributed by atoms with Crippen molar-refractivity contribution in [3.63, 3.8) is 0 Å². The van der Waals surface area contributed by atoms with E-state index in [4.69, 9.17) is 0 Å². The predicted molar refractivity (Wildman–Crippen MR) is 140 cm³/mol. The number of fused-ring (bicyclic) bond motifs is 2. The van der Waals surface area contributed by atoms with E-state index in [9.17, 15) is 18.3 Å². The molecule has 0 saturated carbocycles. The fourth-order valence-corrected chi connectivity index (χ4v) is 7.60. The number of piperidine rings is 1. The molecule has 0 unspecified atom stereocenters. The van der Waals surface area contributed by atoms with E-state index in [-0.39, 0.29) is 10.8 Å². The lowest BCUT2D eigenvalue weighted by atomic mass is 9.84. The first kappa shape index (κ1) is 24.1. The second-order valence-corrected chi connectivity index (χ2v) is 12.8. The third-order valence-electron chi connectivity index (χ3n) is 6.34. The fourth-order valence-electron chi connectivity index (χ4n) is 4.74. The molecular formula is C24H26N4O4S3. The molecule has 8 nitrogen and oxygen atoms in total. The van der Waals surface area contributed by atoms with E-state index in [1.54, 1.807) is 34.1 Å². The molecule has 0 atom stereocenters. The number of aromatic nitrogens is 2. The molecule has 1 aliphatic heterocycles. The van der Waals surface area contributed by atoms with Gasteiger partial charge < -0.3 is 10.0 Å². The molecule has 2 N–H and O–H groups in total. The molecule has 1 amide bonds. The number of carbonyl (C=O) groups excluding carboxylic acids is 1. The summed E-state index contributed by atoms with van der Waals surface area (Å²) < 4.78 is 30.5. The van der Waals surface area contributed by atoms with Gasteiger partial charge in [0.05, 0.1) is 42.8 Å². The maximum atomic E-state index is 13.3. The van der Waals surface area contributed by atoms with Crippen LogP contribution in [0.1, 0.15) is 43.5 Å². The van der Waals surface area contributed by atoms with Crippen LogP contribution in [0.25, 0.3) is 20.4 Å². The number of amides is 1. The molecule has 11 heteroatoms. The van der Waals surface area contributed by atoms with Crippen LogP contribution in [0.15, 0.2) is 46.2 Å². The van der Waals surface area contributed by atoms with E-state index in [1.165, 1.54) is 28.7 Å². The molecule has 2 aromatic carbocycles. The van der Waals surface area contributed by atoms with Crippen LogP contribution < -0.4 is 4.72 Å². The van der Waals surface area contributed by atoms with Crippen LogP contribution in [0, 0.1) is 5.92 Å². The smallest absolute Gasteiger partial charge is 0.264 e. The number of hydrogen-bond donors (Lipinski definition) is 2. The fraction of sp³-hybridized carbons (Fsp3) is 0.375. The third-order valence-corrected chi connectivity index (χ3v) is 9.39. The molecule has 5 rings (SSSR count). The lowest BCUT2D eigenvalue weighted by Gasteiger charge is -2.39. The summed E-state index contributed by atoms with van der Waals surface area (Å²) in [5.41, 5.74) is 4.20. The van der Waals surface area contributed by atoms with Gasteiger partial charge in [-0.05, 0) is 49.4 Å². The van der Waals surface area contributed by atoms with Crippen molar-refractivity contribution in [3.05, 3.63) is 46.9 Å². The number of likely N-dealkylation sites (tertiary alicyclic amines) is 1. The number of aliphatic hydroxyl groups is 1. The zero-order chi connectivity index (χ0) is 24.8. The van der Waals surface area contributed by atoms with Gasteiger partial charge in [-0.25, -0.2) is 18.4 Å². The Morgan fingerprint density at radius 1 is 1.11 bits per heavy atom. The highest BCUT2D eigenvalue weighted by Gasteiger charge is 2.35. The molecule has 1 fully saturated rings. The van der Waals surface area contributed by atoms with Crippen molar-refractivity contribution in [2.45, 2.75) is 43.6 Å². The van der Waals surface area contributed by atoms with Crippen LogP contribution in [0.5, 0.6) is 0 Å². The molecule has 35 heavy (non-hydrogen) atoms. The van der Waals surface area contributed by atoms with Crippen molar-refractivity contribution in [2.24, 2.45) is 5.92 Å². The average Bonchev–Trinajstić information content (AvgIpc) is 3.48. The molecule has 0 radical (unpaired) electrons. The Kier molecular flexibility index (Phi) is 6.28. The normalized spacial score (nSPS) is 16.3. The minimum atomic E-state index is -3.91. The summed E-state index contributed by atoms with van der Waals surface area (Å²) in [6, 6.07) is 8.30. The Bertz CT molecular complexity index is 1500. The number of anilines is 1. The number of rotatable bonds is 6. The van der Waals surface area contributed by atoms with Gasteiger partial charge in [0, 0.05) is 13.1 Å². The number of nitrogens with one attached hydrogen (secondary N) is 1. The van der Waals surface area contributed by atoms with Gasteiger partial charge in [-0.2, -0.15) is 0 Å². The highest BCUT2D eigenvalue weighted by molar-refractivity contribution is 7.93. The maximum absolute atomic E-state index is 13.3. The predicted octanol–water partition coefficient (Wildman–Crippen LogP) is 4.72. The number of carbonyl (C=O) groups is 1. The summed E-state index contributed by atoms with van der Waals surface area (Å²) in [4.78, 5) is 23.8. The summed E-state index contributed by atoms with van der Waals surface area (Å²) in [5, 5.41) is 10.8. The Hall–Kier alpha value is -2.60. The summed E-state index contributed by atoms with van der Waals surface area (Å²) in [5.74, 6) is 0.227. The zero-order valence-electron chi connectivity index (χ0n) is 19.4. The number of nitrogens with zero attached hydrogens (tertiary/aromatic N) is 3. The number of thiazole rings is 2. The second kappa shape index (κ2) is 9.12. The first-order valence-electron chi connectivity index (χ1n) is 11.4. The van der Waals surface area contributed by atoms with Gasteiger partial charge in [0.1, 0.15) is 10.4 Å². The van der Waals surface area contributed by atoms with Crippen molar-refractivity contribution in [2.75, 3.05) is 17.8 Å². The quantitative estimate of drug-likeness (QED) is 0.373. The lowest BCUT2D eigenvalue weighted by molar-refractivity contribution is -0.0310. The average molecular weight is 531 g/mol. The number of sulfonamides is 1. The highest BCUT2D eigenvalue weighted by atomic mass is 32.2. The molecule has 2 aromatic heterocycles. The van der Waals surface area contributed by atoms with Crippen molar-refractivity contribution in [1.29, 1.82) is 0 Å². The van der Waals surface area contributed by atoms with Gasteiger partial charge in [0.15, 0.2) is 0 Å². The standard InChI is InChI=1S/C24H26N4O4S3/c1-15(2)12-24(30)8-10-28(11-9-24)23(29)16-6-7-17(22-20(16)25-14-34-22)27-35(31,32)19-5-3-4-18-21(19)26-13-33-18/h3-7,13-15,27,30H,8-12H2,1-2H3. The van der Waals surface area contributed by atoms with Gasteiger partial charge in [-0.3, -0.25) is 9.52 Å². The van der Waals surface area contributed by atoms with Crippen LogP contribution in [0.2, 0.25) is 0 Å². The summed E-state index contributed by atoms with van der Waals surface area (Å²) in [6.45, 7) is 5.11. The van der Waals surface area contributed by atoms with Crippen LogP contribution in [-0.2, 0) is 10.0 Å². The molecule has 1 saturated heterocycles. The van der Waals surface area contributed by atoms with Crippen molar-refractivity contribution in [3.8, 4) is 0 Å². The molecule has 1 aliphatic rings. The SMILES string of the molecule is CC(C)CC1(O)CCN(C(=O)c2ccc(NS(=O)(=O)c3cccc4scnc34)c3scnc23)CC1. The van der Waals surface area contributed by atoms with Gasteiger partial charge in [0.2, 0.25) is 0 Å². The molecule has 184 valence electrons. The number of para-hydroxylation sites is 1. The molecule has 4 aromatic rings. The third kappa shape index (κ3) is 4.65. The first-order valence-corrected chi connectivity index (χ1v) is 14.6. The van der Waals surface area contributed by atoms with Crippen LogP contribution in [0.3, 0.4) is 0 Å². The van der Waals surface area contributed by atoms with E-state index < -0.39 is 15.6 Å². The monoisotopic (exact) mass is 530 g/mol.